The van der Waals surface area contributed by atoms with Gasteiger partial charge in [-0.3, -0.25) is 4.79 Å². The van der Waals surface area contributed by atoms with Crippen LogP contribution in [0.4, 0.5) is 5.82 Å². The van der Waals surface area contributed by atoms with Crippen LogP contribution in [0.25, 0.3) is 0 Å². The number of aromatic nitrogens is 1. The van der Waals surface area contributed by atoms with Crippen LogP contribution in [0.1, 0.15) is 12.8 Å². The first-order valence-corrected chi connectivity index (χ1v) is 5.85. The molecule has 0 saturated carbocycles. The molecule has 1 aromatic heterocycles. The number of hydrogen-bond donors (Lipinski definition) is 1. The molecule has 0 aromatic carbocycles. The highest BCUT2D eigenvalue weighted by Crippen LogP contribution is 2.41. The zero-order valence-electron chi connectivity index (χ0n) is 9.65. The van der Waals surface area contributed by atoms with Crippen LogP contribution < -0.4 is 10.2 Å². The lowest BCUT2D eigenvalue weighted by Crippen LogP contribution is -2.34. The SMILES string of the molecule is C=C1CC2(CCN(c3ccccn3)C2)C(=O)N1. The van der Waals surface area contributed by atoms with Gasteiger partial charge in [-0.15, -0.1) is 0 Å². The summed E-state index contributed by atoms with van der Waals surface area (Å²) in [5.41, 5.74) is 0.576. The van der Waals surface area contributed by atoms with E-state index in [4.69, 9.17) is 0 Å². The maximum Gasteiger partial charge on any atom is 0.232 e. The summed E-state index contributed by atoms with van der Waals surface area (Å²) in [4.78, 5) is 18.5. The van der Waals surface area contributed by atoms with Crippen molar-refractivity contribution in [3.63, 3.8) is 0 Å². The molecule has 1 aromatic rings. The van der Waals surface area contributed by atoms with Gasteiger partial charge in [0.25, 0.3) is 0 Å². The van der Waals surface area contributed by atoms with E-state index >= 15 is 0 Å². The highest BCUT2D eigenvalue weighted by atomic mass is 16.2. The monoisotopic (exact) mass is 229 g/mol. The Hall–Kier alpha value is -1.84. The van der Waals surface area contributed by atoms with Crippen molar-refractivity contribution in [2.75, 3.05) is 18.0 Å². The summed E-state index contributed by atoms with van der Waals surface area (Å²) >= 11 is 0. The Kier molecular flexibility index (Phi) is 2.18. The molecule has 1 spiro atoms. The van der Waals surface area contributed by atoms with Crippen LogP contribution in [-0.2, 0) is 4.79 Å². The zero-order chi connectivity index (χ0) is 11.9. The van der Waals surface area contributed by atoms with Gasteiger partial charge in [-0.05, 0) is 18.6 Å². The zero-order valence-corrected chi connectivity index (χ0v) is 9.65. The lowest BCUT2D eigenvalue weighted by Gasteiger charge is -2.21. The van der Waals surface area contributed by atoms with Gasteiger partial charge in [0.1, 0.15) is 5.82 Å². The third-order valence-corrected chi connectivity index (χ3v) is 3.65. The van der Waals surface area contributed by atoms with E-state index in [1.54, 1.807) is 6.20 Å². The van der Waals surface area contributed by atoms with Crippen LogP contribution in [0.15, 0.2) is 36.7 Å². The molecule has 4 heteroatoms. The van der Waals surface area contributed by atoms with Crippen molar-refractivity contribution in [1.29, 1.82) is 0 Å². The smallest absolute Gasteiger partial charge is 0.232 e. The van der Waals surface area contributed by atoms with Crippen molar-refractivity contribution < 1.29 is 4.79 Å². The van der Waals surface area contributed by atoms with Gasteiger partial charge in [0, 0.05) is 31.4 Å². The van der Waals surface area contributed by atoms with Crippen LogP contribution in [0.5, 0.6) is 0 Å². The fourth-order valence-electron chi connectivity index (χ4n) is 2.76. The van der Waals surface area contributed by atoms with Gasteiger partial charge in [0.2, 0.25) is 5.91 Å². The molecule has 0 radical (unpaired) electrons. The normalized spacial score (nSPS) is 27.9. The van der Waals surface area contributed by atoms with E-state index in [0.717, 1.165) is 37.4 Å². The van der Waals surface area contributed by atoms with Crippen LogP contribution in [0.3, 0.4) is 0 Å². The fraction of sp³-hybridized carbons (Fsp3) is 0.385. The van der Waals surface area contributed by atoms with E-state index in [-0.39, 0.29) is 11.3 Å². The molecule has 1 unspecified atom stereocenters. The number of anilines is 1. The molecule has 1 atom stereocenters. The number of allylic oxidation sites excluding steroid dienone is 1. The molecule has 2 aliphatic heterocycles. The molecule has 88 valence electrons. The Bertz CT molecular complexity index is 471. The minimum absolute atomic E-state index is 0.126. The van der Waals surface area contributed by atoms with Crippen molar-refractivity contribution in [3.8, 4) is 0 Å². The van der Waals surface area contributed by atoms with Gasteiger partial charge in [0.05, 0.1) is 5.41 Å². The molecule has 0 bridgehead atoms. The van der Waals surface area contributed by atoms with Crippen molar-refractivity contribution >= 4 is 11.7 Å². The van der Waals surface area contributed by atoms with Crippen LogP contribution in [0.2, 0.25) is 0 Å². The number of carbonyl (C=O) groups excluding carboxylic acids is 1. The molecule has 3 rings (SSSR count). The maximum absolute atomic E-state index is 12.0. The Morgan fingerprint density at radius 1 is 1.47 bits per heavy atom. The predicted molar refractivity (Wildman–Crippen MR) is 65.4 cm³/mol. The Morgan fingerprint density at radius 3 is 3.00 bits per heavy atom. The van der Waals surface area contributed by atoms with Crippen LogP contribution >= 0.6 is 0 Å². The second kappa shape index (κ2) is 3.58. The first kappa shape index (κ1) is 10.3. The summed E-state index contributed by atoms with van der Waals surface area (Å²) in [5, 5.41) is 2.84. The Morgan fingerprint density at radius 2 is 2.35 bits per heavy atom. The molecule has 2 saturated heterocycles. The Balaban J connectivity index is 1.83. The molecule has 2 fully saturated rings. The topological polar surface area (TPSA) is 45.2 Å². The van der Waals surface area contributed by atoms with Gasteiger partial charge in [-0.1, -0.05) is 12.6 Å². The van der Waals surface area contributed by atoms with E-state index in [1.165, 1.54) is 0 Å². The summed E-state index contributed by atoms with van der Waals surface area (Å²) in [6, 6.07) is 5.86. The molecule has 1 amide bonds. The number of rotatable bonds is 1. The highest BCUT2D eigenvalue weighted by Gasteiger charge is 2.49. The van der Waals surface area contributed by atoms with E-state index in [9.17, 15) is 4.79 Å². The number of hydrogen-bond acceptors (Lipinski definition) is 3. The standard InChI is InChI=1S/C13H15N3O/c1-10-8-13(12(17)15-10)5-7-16(9-13)11-4-2-3-6-14-11/h2-4,6H,1,5,7-9H2,(H,15,17). The van der Waals surface area contributed by atoms with Crippen molar-refractivity contribution in [3.05, 3.63) is 36.7 Å². The van der Waals surface area contributed by atoms with Gasteiger partial charge in [-0.25, -0.2) is 4.98 Å². The highest BCUT2D eigenvalue weighted by molar-refractivity contribution is 5.88. The average molecular weight is 229 g/mol. The molecular weight excluding hydrogens is 214 g/mol. The number of pyridine rings is 1. The summed E-state index contributed by atoms with van der Waals surface area (Å²) in [6.07, 6.45) is 3.43. The van der Waals surface area contributed by atoms with Crippen molar-refractivity contribution in [2.24, 2.45) is 5.41 Å². The molecule has 2 aliphatic rings. The summed E-state index contributed by atoms with van der Waals surface area (Å²) in [7, 11) is 0. The largest absolute Gasteiger partial charge is 0.355 e. The first-order valence-electron chi connectivity index (χ1n) is 5.85. The first-order chi connectivity index (χ1) is 8.20. The van der Waals surface area contributed by atoms with E-state index in [2.05, 4.69) is 21.8 Å². The van der Waals surface area contributed by atoms with Crippen LogP contribution in [0, 0.1) is 5.41 Å². The molecule has 17 heavy (non-hydrogen) atoms. The van der Waals surface area contributed by atoms with Crippen molar-refractivity contribution in [2.45, 2.75) is 12.8 Å². The summed E-state index contributed by atoms with van der Waals surface area (Å²) < 4.78 is 0. The summed E-state index contributed by atoms with van der Waals surface area (Å²) in [5.74, 6) is 1.08. The predicted octanol–water partition coefficient (Wildman–Crippen LogP) is 1.31. The molecule has 3 heterocycles. The third-order valence-electron chi connectivity index (χ3n) is 3.65. The Labute approximate surface area is 100 Å². The summed E-state index contributed by atoms with van der Waals surface area (Å²) in [6.45, 7) is 5.49. The molecule has 0 aliphatic carbocycles. The maximum atomic E-state index is 12.0. The number of carbonyl (C=O) groups is 1. The minimum Gasteiger partial charge on any atom is -0.355 e. The second-order valence-electron chi connectivity index (χ2n) is 4.87. The van der Waals surface area contributed by atoms with Gasteiger partial charge < -0.3 is 10.2 Å². The molecule has 1 N–H and O–H groups in total. The fourth-order valence-corrected chi connectivity index (χ4v) is 2.76. The van der Waals surface area contributed by atoms with E-state index in [0.29, 0.717) is 0 Å². The third kappa shape index (κ3) is 1.60. The number of amides is 1. The van der Waals surface area contributed by atoms with Crippen LogP contribution in [-0.4, -0.2) is 24.0 Å². The quantitative estimate of drug-likeness (QED) is 0.789. The van der Waals surface area contributed by atoms with E-state index in [1.807, 2.05) is 18.2 Å². The van der Waals surface area contributed by atoms with Gasteiger partial charge in [0.15, 0.2) is 0 Å². The van der Waals surface area contributed by atoms with E-state index < -0.39 is 0 Å². The van der Waals surface area contributed by atoms with Gasteiger partial charge in [-0.2, -0.15) is 0 Å². The van der Waals surface area contributed by atoms with Crippen molar-refractivity contribution in [1.82, 2.24) is 10.3 Å². The molecule has 4 nitrogen and oxygen atoms in total. The lowest BCUT2D eigenvalue weighted by molar-refractivity contribution is -0.126. The average Bonchev–Trinajstić information content (AvgIpc) is 2.86. The lowest BCUT2D eigenvalue weighted by atomic mass is 9.85. The second-order valence-corrected chi connectivity index (χ2v) is 4.87. The number of nitrogens with one attached hydrogen (secondary N) is 1. The van der Waals surface area contributed by atoms with Gasteiger partial charge >= 0.3 is 0 Å². The molecular formula is C13H15N3O. The number of nitrogens with zero attached hydrogens (tertiary/aromatic N) is 2. The minimum atomic E-state index is -0.269.